The Balaban J connectivity index is 1.96. The fraction of sp³-hybridized carbons (Fsp3) is 0.0952. The summed E-state index contributed by atoms with van der Waals surface area (Å²) >= 11 is 0. The lowest BCUT2D eigenvalue weighted by molar-refractivity contribution is 0.247. The van der Waals surface area contributed by atoms with Gasteiger partial charge in [-0.1, -0.05) is 78.4 Å². The van der Waals surface area contributed by atoms with Crippen molar-refractivity contribution < 1.29 is 13.5 Å². The zero-order valence-electron chi connectivity index (χ0n) is 14.8. The number of sulfonamides is 1. The third-order valence-electron chi connectivity index (χ3n) is 4.06. The summed E-state index contributed by atoms with van der Waals surface area (Å²) in [5, 5.41) is 14.8. The van der Waals surface area contributed by atoms with Gasteiger partial charge >= 0.3 is 0 Å². The van der Waals surface area contributed by atoms with E-state index in [1.165, 1.54) is 12.1 Å². The zero-order valence-corrected chi connectivity index (χ0v) is 15.6. The fourth-order valence-electron chi connectivity index (χ4n) is 2.57. The highest BCUT2D eigenvalue weighted by atomic mass is 32.2. The molecule has 0 heterocycles. The third-order valence-corrected chi connectivity index (χ3v) is 5.29. The molecule has 0 fully saturated rings. The number of nitrogens with one attached hydrogen (secondary N) is 1. The Hall–Kier alpha value is -2.96. The minimum Gasteiger partial charge on any atom is -0.382 e. The van der Waals surface area contributed by atoms with Gasteiger partial charge in [0.15, 0.2) is 0 Å². The van der Waals surface area contributed by atoms with Crippen molar-refractivity contribution in [3.63, 3.8) is 0 Å². The van der Waals surface area contributed by atoms with Gasteiger partial charge in [-0.2, -0.15) is 18.4 Å². The summed E-state index contributed by atoms with van der Waals surface area (Å²) in [5.41, 5.74) is 2.43. The molecule has 0 saturated carbocycles. The number of aryl methyl sites for hydroxylation is 1. The quantitative estimate of drug-likeness (QED) is 0.508. The number of hydrazone groups is 1. The van der Waals surface area contributed by atoms with E-state index in [4.69, 9.17) is 0 Å². The average Bonchev–Trinajstić information content (AvgIpc) is 2.70. The first-order chi connectivity index (χ1) is 13.0. The van der Waals surface area contributed by atoms with Crippen molar-refractivity contribution in [2.75, 3.05) is 0 Å². The van der Waals surface area contributed by atoms with E-state index in [1.807, 2.05) is 19.1 Å². The molecule has 0 saturated heterocycles. The van der Waals surface area contributed by atoms with Crippen LogP contribution in [0.5, 0.6) is 0 Å². The SMILES string of the molecule is Cc1ccc(S(=O)(=O)N/N=C(\c2ccccc2)C(O)c2ccccc2)cc1. The summed E-state index contributed by atoms with van der Waals surface area (Å²) in [6.07, 6.45) is -1.07. The Morgan fingerprint density at radius 1 is 0.889 bits per heavy atom. The third kappa shape index (κ3) is 4.61. The lowest BCUT2D eigenvalue weighted by Crippen LogP contribution is -2.23. The molecule has 0 aromatic heterocycles. The molecule has 3 aromatic rings. The number of nitrogens with zero attached hydrogens (tertiary/aromatic N) is 1. The van der Waals surface area contributed by atoms with Crippen LogP contribution in [0.2, 0.25) is 0 Å². The summed E-state index contributed by atoms with van der Waals surface area (Å²) in [5.74, 6) is 0. The molecule has 138 valence electrons. The lowest BCUT2D eigenvalue weighted by atomic mass is 9.99. The van der Waals surface area contributed by atoms with Gasteiger partial charge in [0.2, 0.25) is 0 Å². The minimum atomic E-state index is -3.84. The van der Waals surface area contributed by atoms with Crippen molar-refractivity contribution in [3.8, 4) is 0 Å². The van der Waals surface area contributed by atoms with Crippen LogP contribution in [0.25, 0.3) is 0 Å². The Morgan fingerprint density at radius 3 is 2.04 bits per heavy atom. The van der Waals surface area contributed by atoms with Gasteiger partial charge in [-0.25, -0.2) is 0 Å². The monoisotopic (exact) mass is 380 g/mol. The van der Waals surface area contributed by atoms with Crippen molar-refractivity contribution >= 4 is 15.7 Å². The maximum Gasteiger partial charge on any atom is 0.276 e. The molecule has 0 bridgehead atoms. The zero-order chi connectivity index (χ0) is 19.3. The number of aliphatic hydroxyl groups is 1. The Morgan fingerprint density at radius 2 is 1.44 bits per heavy atom. The van der Waals surface area contributed by atoms with Crippen molar-refractivity contribution in [1.29, 1.82) is 0 Å². The largest absolute Gasteiger partial charge is 0.382 e. The highest BCUT2D eigenvalue weighted by Gasteiger charge is 2.19. The summed E-state index contributed by atoms with van der Waals surface area (Å²) in [6.45, 7) is 1.88. The van der Waals surface area contributed by atoms with Crippen molar-refractivity contribution in [1.82, 2.24) is 4.83 Å². The normalized spacial score (nSPS) is 13.2. The van der Waals surface area contributed by atoms with Crippen LogP contribution in [0.3, 0.4) is 0 Å². The molecule has 1 unspecified atom stereocenters. The van der Waals surface area contributed by atoms with Crippen molar-refractivity contribution in [2.45, 2.75) is 17.9 Å². The van der Waals surface area contributed by atoms with E-state index >= 15 is 0 Å². The van der Waals surface area contributed by atoms with Gasteiger partial charge < -0.3 is 5.11 Å². The molecular formula is C21H20N2O3S. The van der Waals surface area contributed by atoms with Gasteiger partial charge in [0.25, 0.3) is 10.0 Å². The maximum atomic E-state index is 12.5. The standard InChI is InChI=1S/C21H20N2O3S/c1-16-12-14-19(15-13-16)27(25,26)23-22-20(17-8-4-2-5-9-17)21(24)18-10-6-3-7-11-18/h2-15,21,23-24H,1H3/b22-20+. The maximum absolute atomic E-state index is 12.5. The number of aliphatic hydroxyl groups excluding tert-OH is 1. The molecule has 6 heteroatoms. The van der Waals surface area contributed by atoms with E-state index in [-0.39, 0.29) is 10.6 Å². The van der Waals surface area contributed by atoms with Crippen molar-refractivity contribution in [3.05, 3.63) is 102 Å². The van der Waals surface area contributed by atoms with Crippen LogP contribution < -0.4 is 4.83 Å². The van der Waals surface area contributed by atoms with Gasteiger partial charge in [0.05, 0.1) is 4.90 Å². The molecule has 3 rings (SSSR count). The number of hydrogen-bond acceptors (Lipinski definition) is 4. The predicted octanol–water partition coefficient (Wildman–Crippen LogP) is 3.41. The summed E-state index contributed by atoms with van der Waals surface area (Å²) in [6, 6.07) is 24.4. The summed E-state index contributed by atoms with van der Waals surface area (Å²) in [7, 11) is -3.84. The Labute approximate surface area is 159 Å². The second-order valence-corrected chi connectivity index (χ2v) is 7.74. The van der Waals surface area contributed by atoms with Crippen LogP contribution in [0.1, 0.15) is 22.8 Å². The molecule has 2 N–H and O–H groups in total. The van der Waals surface area contributed by atoms with Crippen LogP contribution in [-0.2, 0) is 10.0 Å². The molecule has 0 aliphatic rings. The molecule has 3 aromatic carbocycles. The smallest absolute Gasteiger partial charge is 0.276 e. The Bertz CT molecular complexity index is 1020. The lowest BCUT2D eigenvalue weighted by Gasteiger charge is -2.15. The van der Waals surface area contributed by atoms with E-state index in [2.05, 4.69) is 9.93 Å². The van der Waals surface area contributed by atoms with Crippen LogP contribution in [0.4, 0.5) is 0 Å². The van der Waals surface area contributed by atoms with Gasteiger partial charge in [0.1, 0.15) is 11.8 Å². The van der Waals surface area contributed by atoms with Gasteiger partial charge in [-0.05, 0) is 24.6 Å². The van der Waals surface area contributed by atoms with Crippen LogP contribution >= 0.6 is 0 Å². The summed E-state index contributed by atoms with van der Waals surface area (Å²) in [4.78, 5) is 2.35. The number of benzene rings is 3. The van der Waals surface area contributed by atoms with E-state index in [1.54, 1.807) is 60.7 Å². The summed E-state index contributed by atoms with van der Waals surface area (Å²) < 4.78 is 25.1. The van der Waals surface area contributed by atoms with Crippen LogP contribution in [0, 0.1) is 6.92 Å². The van der Waals surface area contributed by atoms with E-state index in [0.717, 1.165) is 5.56 Å². The number of rotatable bonds is 6. The first kappa shape index (κ1) is 18.8. The molecule has 27 heavy (non-hydrogen) atoms. The minimum absolute atomic E-state index is 0.110. The first-order valence-electron chi connectivity index (χ1n) is 8.42. The van der Waals surface area contributed by atoms with Crippen LogP contribution in [0.15, 0.2) is 94.9 Å². The molecular weight excluding hydrogens is 360 g/mol. The molecule has 0 aliphatic carbocycles. The molecule has 0 spiro atoms. The first-order valence-corrected chi connectivity index (χ1v) is 9.90. The topological polar surface area (TPSA) is 78.8 Å². The second-order valence-electron chi connectivity index (χ2n) is 6.08. The fourth-order valence-corrected chi connectivity index (χ4v) is 3.38. The molecule has 0 radical (unpaired) electrons. The van der Waals surface area contributed by atoms with Gasteiger partial charge in [0, 0.05) is 5.56 Å². The highest BCUT2D eigenvalue weighted by Crippen LogP contribution is 2.19. The molecule has 0 amide bonds. The average molecular weight is 380 g/mol. The molecule has 1 atom stereocenters. The van der Waals surface area contributed by atoms with Crippen LogP contribution in [-0.4, -0.2) is 19.2 Å². The predicted molar refractivity (Wildman–Crippen MR) is 106 cm³/mol. The van der Waals surface area contributed by atoms with E-state index in [9.17, 15) is 13.5 Å². The molecule has 5 nitrogen and oxygen atoms in total. The molecule has 0 aliphatic heterocycles. The van der Waals surface area contributed by atoms with E-state index < -0.39 is 16.1 Å². The van der Waals surface area contributed by atoms with Crippen molar-refractivity contribution in [2.24, 2.45) is 5.10 Å². The number of hydrogen-bond donors (Lipinski definition) is 2. The van der Waals surface area contributed by atoms with Gasteiger partial charge in [-0.3, -0.25) is 0 Å². The highest BCUT2D eigenvalue weighted by molar-refractivity contribution is 7.89. The Kier molecular flexibility index (Phi) is 5.69. The van der Waals surface area contributed by atoms with Gasteiger partial charge in [-0.15, -0.1) is 0 Å². The second kappa shape index (κ2) is 8.16. The van der Waals surface area contributed by atoms with E-state index in [0.29, 0.717) is 11.1 Å².